The number of amides is 2. The van der Waals surface area contributed by atoms with Crippen LogP contribution in [0.4, 0.5) is 0 Å². The lowest BCUT2D eigenvalue weighted by molar-refractivity contribution is -0.120. The Labute approximate surface area is 105 Å². The van der Waals surface area contributed by atoms with Crippen molar-refractivity contribution >= 4 is 11.8 Å². The first-order chi connectivity index (χ1) is 8.54. The maximum atomic E-state index is 11.8. The Balaban J connectivity index is 2.71. The first-order valence-electron chi connectivity index (χ1n) is 5.44. The molecule has 0 saturated heterocycles. The zero-order valence-electron chi connectivity index (χ0n) is 9.96. The molecule has 0 saturated carbocycles. The van der Waals surface area contributed by atoms with Crippen LogP contribution in [0.2, 0.25) is 0 Å². The van der Waals surface area contributed by atoms with Crippen LogP contribution >= 0.6 is 0 Å². The molecule has 6 nitrogen and oxygen atoms in total. The molecule has 18 heavy (non-hydrogen) atoms. The van der Waals surface area contributed by atoms with E-state index in [4.69, 9.17) is 11.0 Å². The Morgan fingerprint density at radius 1 is 1.61 bits per heavy atom. The number of nitrogens with two attached hydrogens (primary N) is 1. The molecule has 0 spiro atoms. The molecule has 0 aliphatic rings. The lowest BCUT2D eigenvalue weighted by atomic mass is 10.0. The normalized spacial score (nSPS) is 13.1. The van der Waals surface area contributed by atoms with Gasteiger partial charge in [-0.1, -0.05) is 0 Å². The molecule has 2 atom stereocenters. The number of primary amides is 1. The highest BCUT2D eigenvalue weighted by Crippen LogP contribution is 2.06. The van der Waals surface area contributed by atoms with E-state index in [1.807, 2.05) is 6.07 Å². The molecule has 3 N–H and O–H groups in total. The second-order valence-electron chi connectivity index (χ2n) is 3.94. The summed E-state index contributed by atoms with van der Waals surface area (Å²) in [5.41, 5.74) is 5.53. The van der Waals surface area contributed by atoms with Crippen LogP contribution in [-0.4, -0.2) is 22.8 Å². The number of nitriles is 1. The van der Waals surface area contributed by atoms with E-state index in [1.165, 1.54) is 6.20 Å². The van der Waals surface area contributed by atoms with Crippen molar-refractivity contribution in [3.8, 4) is 6.07 Å². The average molecular weight is 246 g/mol. The lowest BCUT2D eigenvalue weighted by Crippen LogP contribution is -2.45. The summed E-state index contributed by atoms with van der Waals surface area (Å²) in [6.07, 6.45) is 3.12. The van der Waals surface area contributed by atoms with Gasteiger partial charge in [0.1, 0.15) is 6.04 Å². The van der Waals surface area contributed by atoms with Gasteiger partial charge in [0.2, 0.25) is 5.91 Å². The van der Waals surface area contributed by atoms with Gasteiger partial charge in [-0.25, -0.2) is 0 Å². The number of carbonyl (C=O) groups is 2. The summed E-state index contributed by atoms with van der Waals surface area (Å²) in [5, 5.41) is 11.2. The molecule has 0 aromatic carbocycles. The van der Waals surface area contributed by atoms with Gasteiger partial charge in [-0.3, -0.25) is 14.6 Å². The Bertz CT molecular complexity index is 467. The van der Waals surface area contributed by atoms with E-state index in [9.17, 15) is 9.59 Å². The number of pyridine rings is 1. The summed E-state index contributed by atoms with van der Waals surface area (Å²) in [7, 11) is 0. The van der Waals surface area contributed by atoms with Crippen LogP contribution in [0.15, 0.2) is 24.5 Å². The van der Waals surface area contributed by atoms with Crippen LogP contribution in [0, 0.1) is 17.2 Å². The second kappa shape index (κ2) is 6.35. The van der Waals surface area contributed by atoms with Crippen molar-refractivity contribution in [1.82, 2.24) is 10.3 Å². The van der Waals surface area contributed by atoms with E-state index < -0.39 is 17.9 Å². The van der Waals surface area contributed by atoms with E-state index >= 15 is 0 Å². The van der Waals surface area contributed by atoms with Gasteiger partial charge in [0.05, 0.1) is 11.6 Å². The van der Waals surface area contributed by atoms with Crippen molar-refractivity contribution in [1.29, 1.82) is 5.26 Å². The van der Waals surface area contributed by atoms with Gasteiger partial charge in [0.15, 0.2) is 0 Å². The van der Waals surface area contributed by atoms with E-state index in [1.54, 1.807) is 25.3 Å². The van der Waals surface area contributed by atoms with Gasteiger partial charge in [-0.05, 0) is 25.5 Å². The third-order valence-electron chi connectivity index (χ3n) is 2.38. The van der Waals surface area contributed by atoms with Crippen LogP contribution in [0.3, 0.4) is 0 Å². The van der Waals surface area contributed by atoms with Crippen molar-refractivity contribution in [2.24, 2.45) is 11.7 Å². The molecule has 0 aliphatic heterocycles. The van der Waals surface area contributed by atoms with Crippen molar-refractivity contribution in [2.75, 3.05) is 0 Å². The number of carbonyl (C=O) groups excluding carboxylic acids is 2. The topological polar surface area (TPSA) is 109 Å². The molecule has 0 aliphatic carbocycles. The van der Waals surface area contributed by atoms with Crippen molar-refractivity contribution in [3.63, 3.8) is 0 Å². The van der Waals surface area contributed by atoms with Crippen molar-refractivity contribution < 1.29 is 9.59 Å². The zero-order chi connectivity index (χ0) is 13.5. The van der Waals surface area contributed by atoms with Gasteiger partial charge >= 0.3 is 0 Å². The molecular formula is C12H14N4O2. The molecule has 0 fully saturated rings. The van der Waals surface area contributed by atoms with Gasteiger partial charge in [0, 0.05) is 18.3 Å². The van der Waals surface area contributed by atoms with E-state index in [-0.39, 0.29) is 12.3 Å². The number of nitrogens with one attached hydrogen (secondary N) is 1. The number of aromatic nitrogens is 1. The SMILES string of the molecule is C[C@H](C#N)C[C@H](NC(=O)c1cccnc1)C(N)=O. The maximum absolute atomic E-state index is 11.8. The molecule has 2 amide bonds. The summed E-state index contributed by atoms with van der Waals surface area (Å²) in [6, 6.07) is 4.33. The Morgan fingerprint density at radius 3 is 2.83 bits per heavy atom. The fourth-order valence-corrected chi connectivity index (χ4v) is 1.39. The molecule has 1 aromatic heterocycles. The minimum atomic E-state index is -0.854. The highest BCUT2D eigenvalue weighted by Gasteiger charge is 2.21. The average Bonchev–Trinajstić information content (AvgIpc) is 2.38. The number of rotatable bonds is 5. The third-order valence-corrected chi connectivity index (χ3v) is 2.38. The van der Waals surface area contributed by atoms with Gasteiger partial charge in [-0.15, -0.1) is 0 Å². The predicted octanol–water partition coefficient (Wildman–Crippen LogP) is 0.215. The second-order valence-corrected chi connectivity index (χ2v) is 3.94. The zero-order valence-corrected chi connectivity index (χ0v) is 9.96. The predicted molar refractivity (Wildman–Crippen MR) is 64.1 cm³/mol. The summed E-state index contributed by atoms with van der Waals surface area (Å²) in [4.78, 5) is 26.8. The standard InChI is InChI=1S/C12H14N4O2/c1-8(6-13)5-10(11(14)17)16-12(18)9-3-2-4-15-7-9/h2-4,7-8,10H,5H2,1H3,(H2,14,17)(H,16,18)/t8-,10-/m0/s1. The summed E-state index contributed by atoms with van der Waals surface area (Å²) in [6.45, 7) is 1.66. The summed E-state index contributed by atoms with van der Waals surface area (Å²) >= 11 is 0. The van der Waals surface area contributed by atoms with Gasteiger partial charge in [-0.2, -0.15) is 5.26 Å². The minimum Gasteiger partial charge on any atom is -0.368 e. The number of hydrogen-bond acceptors (Lipinski definition) is 4. The Kier molecular flexibility index (Phi) is 4.81. The van der Waals surface area contributed by atoms with Crippen LogP contribution in [0.25, 0.3) is 0 Å². The van der Waals surface area contributed by atoms with E-state index in [2.05, 4.69) is 10.3 Å². The highest BCUT2D eigenvalue weighted by atomic mass is 16.2. The lowest BCUT2D eigenvalue weighted by Gasteiger charge is -2.16. The fraction of sp³-hybridized carbons (Fsp3) is 0.333. The highest BCUT2D eigenvalue weighted by molar-refractivity contribution is 5.96. The first kappa shape index (κ1) is 13.6. The molecule has 1 rings (SSSR count). The van der Waals surface area contributed by atoms with E-state index in [0.717, 1.165) is 0 Å². The Hall–Kier alpha value is -2.42. The number of nitrogens with zero attached hydrogens (tertiary/aromatic N) is 2. The largest absolute Gasteiger partial charge is 0.368 e. The molecule has 94 valence electrons. The first-order valence-corrected chi connectivity index (χ1v) is 5.44. The Morgan fingerprint density at radius 2 is 2.33 bits per heavy atom. The van der Waals surface area contributed by atoms with Crippen LogP contribution in [-0.2, 0) is 4.79 Å². The van der Waals surface area contributed by atoms with E-state index in [0.29, 0.717) is 5.56 Å². The maximum Gasteiger partial charge on any atom is 0.253 e. The third kappa shape index (κ3) is 3.87. The monoisotopic (exact) mass is 246 g/mol. The summed E-state index contributed by atoms with van der Waals surface area (Å²) < 4.78 is 0. The molecule has 0 bridgehead atoms. The molecule has 6 heteroatoms. The molecule has 0 radical (unpaired) electrons. The van der Waals surface area contributed by atoms with Crippen molar-refractivity contribution in [2.45, 2.75) is 19.4 Å². The molecule has 1 aromatic rings. The smallest absolute Gasteiger partial charge is 0.253 e. The van der Waals surface area contributed by atoms with Crippen LogP contribution in [0.5, 0.6) is 0 Å². The molecule has 0 unspecified atom stereocenters. The fourth-order valence-electron chi connectivity index (χ4n) is 1.39. The van der Waals surface area contributed by atoms with Crippen LogP contribution in [0.1, 0.15) is 23.7 Å². The minimum absolute atomic E-state index is 0.192. The molecule has 1 heterocycles. The van der Waals surface area contributed by atoms with Crippen LogP contribution < -0.4 is 11.1 Å². The quantitative estimate of drug-likeness (QED) is 0.774. The molecular weight excluding hydrogens is 232 g/mol. The number of hydrogen-bond donors (Lipinski definition) is 2. The van der Waals surface area contributed by atoms with Gasteiger partial charge in [0.25, 0.3) is 5.91 Å². The van der Waals surface area contributed by atoms with Gasteiger partial charge < -0.3 is 11.1 Å². The van der Waals surface area contributed by atoms with Crippen molar-refractivity contribution in [3.05, 3.63) is 30.1 Å². The summed E-state index contributed by atoms with van der Waals surface area (Å²) in [5.74, 6) is -1.46.